The Balaban J connectivity index is 1.99. The SMILES string of the molecule is Cc1cncc(Cn2cccc2CNCC(C)C)c1. The number of aromatic nitrogens is 2. The van der Waals surface area contributed by atoms with E-state index in [2.05, 4.69) is 60.0 Å². The van der Waals surface area contributed by atoms with Crippen LogP contribution in [0.25, 0.3) is 0 Å². The predicted octanol–water partition coefficient (Wildman–Crippen LogP) is 2.99. The highest BCUT2D eigenvalue weighted by molar-refractivity contribution is 5.18. The molecule has 0 radical (unpaired) electrons. The van der Waals surface area contributed by atoms with Crippen LogP contribution in [0.1, 0.15) is 30.7 Å². The number of aryl methyl sites for hydroxylation is 1. The van der Waals surface area contributed by atoms with Gasteiger partial charge in [-0.3, -0.25) is 4.98 Å². The van der Waals surface area contributed by atoms with Gasteiger partial charge in [0.1, 0.15) is 0 Å². The van der Waals surface area contributed by atoms with Crippen LogP contribution in [-0.4, -0.2) is 16.1 Å². The monoisotopic (exact) mass is 257 g/mol. The topological polar surface area (TPSA) is 29.9 Å². The number of pyridine rings is 1. The Kier molecular flexibility index (Phi) is 4.74. The second-order valence-electron chi connectivity index (χ2n) is 5.52. The molecule has 0 saturated carbocycles. The highest BCUT2D eigenvalue weighted by atomic mass is 15.0. The van der Waals surface area contributed by atoms with Crippen LogP contribution < -0.4 is 5.32 Å². The maximum absolute atomic E-state index is 4.25. The van der Waals surface area contributed by atoms with Crippen LogP contribution in [0.2, 0.25) is 0 Å². The Bertz CT molecular complexity index is 514. The zero-order chi connectivity index (χ0) is 13.7. The van der Waals surface area contributed by atoms with Crippen molar-refractivity contribution in [2.24, 2.45) is 5.92 Å². The van der Waals surface area contributed by atoms with Crippen molar-refractivity contribution < 1.29 is 0 Å². The van der Waals surface area contributed by atoms with Gasteiger partial charge in [0.15, 0.2) is 0 Å². The normalized spacial score (nSPS) is 11.2. The fourth-order valence-corrected chi connectivity index (χ4v) is 2.15. The van der Waals surface area contributed by atoms with Crippen LogP contribution >= 0.6 is 0 Å². The molecule has 2 aromatic rings. The van der Waals surface area contributed by atoms with Gasteiger partial charge >= 0.3 is 0 Å². The Morgan fingerprint density at radius 3 is 2.89 bits per heavy atom. The van der Waals surface area contributed by atoms with Gasteiger partial charge in [-0.25, -0.2) is 0 Å². The Labute approximate surface area is 115 Å². The Morgan fingerprint density at radius 1 is 1.32 bits per heavy atom. The van der Waals surface area contributed by atoms with Gasteiger partial charge in [-0.2, -0.15) is 0 Å². The van der Waals surface area contributed by atoms with E-state index in [1.54, 1.807) is 0 Å². The second-order valence-corrected chi connectivity index (χ2v) is 5.52. The molecule has 3 nitrogen and oxygen atoms in total. The van der Waals surface area contributed by atoms with Crippen LogP contribution in [0, 0.1) is 12.8 Å². The molecule has 2 rings (SSSR count). The average molecular weight is 257 g/mol. The van der Waals surface area contributed by atoms with Crippen LogP contribution in [0.3, 0.4) is 0 Å². The van der Waals surface area contributed by atoms with E-state index in [1.807, 2.05) is 12.4 Å². The summed E-state index contributed by atoms with van der Waals surface area (Å²) in [6.07, 6.45) is 5.97. The van der Waals surface area contributed by atoms with Crippen molar-refractivity contribution >= 4 is 0 Å². The molecule has 0 aromatic carbocycles. The third-order valence-corrected chi connectivity index (χ3v) is 3.07. The van der Waals surface area contributed by atoms with Crippen molar-refractivity contribution in [2.45, 2.75) is 33.9 Å². The van der Waals surface area contributed by atoms with Crippen molar-refractivity contribution in [2.75, 3.05) is 6.54 Å². The summed E-state index contributed by atoms with van der Waals surface area (Å²) in [5.41, 5.74) is 3.78. The van der Waals surface area contributed by atoms with E-state index < -0.39 is 0 Å². The largest absolute Gasteiger partial charge is 0.346 e. The summed E-state index contributed by atoms with van der Waals surface area (Å²) in [5.74, 6) is 0.685. The molecule has 0 atom stereocenters. The third-order valence-electron chi connectivity index (χ3n) is 3.07. The molecule has 0 fully saturated rings. The number of rotatable bonds is 6. The van der Waals surface area contributed by atoms with E-state index in [9.17, 15) is 0 Å². The minimum atomic E-state index is 0.685. The molecular weight excluding hydrogens is 234 g/mol. The molecule has 0 spiro atoms. The lowest BCUT2D eigenvalue weighted by molar-refractivity contribution is 0.539. The second kappa shape index (κ2) is 6.53. The lowest BCUT2D eigenvalue weighted by Gasteiger charge is -2.11. The molecule has 1 N–H and O–H groups in total. The maximum Gasteiger partial charge on any atom is 0.0488 e. The van der Waals surface area contributed by atoms with Crippen molar-refractivity contribution in [1.82, 2.24) is 14.9 Å². The van der Waals surface area contributed by atoms with Crippen LogP contribution in [0.15, 0.2) is 36.8 Å². The lowest BCUT2D eigenvalue weighted by Crippen LogP contribution is -2.20. The molecule has 19 heavy (non-hydrogen) atoms. The van der Waals surface area contributed by atoms with Crippen molar-refractivity contribution in [1.29, 1.82) is 0 Å². The molecule has 3 heteroatoms. The number of nitrogens with one attached hydrogen (secondary N) is 1. The summed E-state index contributed by atoms with van der Waals surface area (Å²) in [7, 11) is 0. The summed E-state index contributed by atoms with van der Waals surface area (Å²) in [5, 5.41) is 3.49. The first-order chi connectivity index (χ1) is 9.15. The van der Waals surface area contributed by atoms with E-state index in [4.69, 9.17) is 0 Å². The van der Waals surface area contributed by atoms with Gasteiger partial charge in [0.05, 0.1) is 0 Å². The van der Waals surface area contributed by atoms with Crippen molar-refractivity contribution in [3.05, 3.63) is 53.6 Å². The van der Waals surface area contributed by atoms with E-state index in [0.717, 1.165) is 19.6 Å². The smallest absolute Gasteiger partial charge is 0.0488 e. The van der Waals surface area contributed by atoms with Gasteiger partial charge in [-0.1, -0.05) is 19.9 Å². The standard InChI is InChI=1S/C16H23N3/c1-13(2)8-17-11-16-5-4-6-19(16)12-15-7-14(3)9-18-10-15/h4-7,9-10,13,17H,8,11-12H2,1-3H3. The van der Waals surface area contributed by atoms with Crippen molar-refractivity contribution in [3.63, 3.8) is 0 Å². The quantitative estimate of drug-likeness (QED) is 0.862. The van der Waals surface area contributed by atoms with E-state index in [1.165, 1.54) is 16.8 Å². The fraction of sp³-hybridized carbons (Fsp3) is 0.438. The molecule has 0 saturated heterocycles. The minimum absolute atomic E-state index is 0.685. The molecular formula is C16H23N3. The first-order valence-corrected chi connectivity index (χ1v) is 6.90. The van der Waals surface area contributed by atoms with Gasteiger partial charge in [0.25, 0.3) is 0 Å². The number of hydrogen-bond acceptors (Lipinski definition) is 2. The first kappa shape index (κ1) is 13.8. The van der Waals surface area contributed by atoms with Crippen LogP contribution in [0.5, 0.6) is 0 Å². The summed E-state index contributed by atoms with van der Waals surface area (Å²) < 4.78 is 2.28. The Hall–Kier alpha value is -1.61. The molecule has 0 aliphatic carbocycles. The molecule has 2 heterocycles. The van der Waals surface area contributed by atoms with E-state index in [0.29, 0.717) is 5.92 Å². The van der Waals surface area contributed by atoms with Gasteiger partial charge in [-0.15, -0.1) is 0 Å². The van der Waals surface area contributed by atoms with E-state index >= 15 is 0 Å². The summed E-state index contributed by atoms with van der Waals surface area (Å²) in [4.78, 5) is 4.25. The third kappa shape index (κ3) is 4.21. The number of nitrogens with zero attached hydrogens (tertiary/aromatic N) is 2. The minimum Gasteiger partial charge on any atom is -0.346 e. The molecule has 0 aliphatic heterocycles. The lowest BCUT2D eigenvalue weighted by atomic mass is 10.2. The fourth-order valence-electron chi connectivity index (χ4n) is 2.15. The van der Waals surface area contributed by atoms with Gasteiger partial charge in [0.2, 0.25) is 0 Å². The van der Waals surface area contributed by atoms with E-state index in [-0.39, 0.29) is 0 Å². The highest BCUT2D eigenvalue weighted by Crippen LogP contribution is 2.08. The summed E-state index contributed by atoms with van der Waals surface area (Å²) in [6.45, 7) is 9.40. The highest BCUT2D eigenvalue weighted by Gasteiger charge is 2.03. The summed E-state index contributed by atoms with van der Waals surface area (Å²) >= 11 is 0. The first-order valence-electron chi connectivity index (χ1n) is 6.90. The molecule has 2 aromatic heterocycles. The zero-order valence-electron chi connectivity index (χ0n) is 12.1. The molecule has 0 aliphatic rings. The average Bonchev–Trinajstić information content (AvgIpc) is 2.76. The molecule has 102 valence electrons. The maximum atomic E-state index is 4.25. The van der Waals surface area contributed by atoms with Crippen LogP contribution in [0.4, 0.5) is 0 Å². The molecule has 0 unspecified atom stereocenters. The number of hydrogen-bond donors (Lipinski definition) is 1. The van der Waals surface area contributed by atoms with Crippen molar-refractivity contribution in [3.8, 4) is 0 Å². The van der Waals surface area contributed by atoms with Gasteiger partial charge in [-0.05, 0) is 42.6 Å². The van der Waals surface area contributed by atoms with Crippen LogP contribution in [-0.2, 0) is 13.1 Å². The molecule has 0 amide bonds. The molecule has 0 bridgehead atoms. The Morgan fingerprint density at radius 2 is 2.16 bits per heavy atom. The van der Waals surface area contributed by atoms with Gasteiger partial charge in [0, 0.05) is 37.4 Å². The predicted molar refractivity (Wildman–Crippen MR) is 79.1 cm³/mol. The summed E-state index contributed by atoms with van der Waals surface area (Å²) in [6, 6.07) is 6.48. The zero-order valence-corrected chi connectivity index (χ0v) is 12.1. The van der Waals surface area contributed by atoms with Gasteiger partial charge < -0.3 is 9.88 Å².